The van der Waals surface area contributed by atoms with E-state index in [9.17, 15) is 14.7 Å². The number of amides is 1. The Kier molecular flexibility index (Phi) is 4.01. The number of fused-ring (bicyclic) bond motifs is 2. The molecular weight excluding hydrogens is 302 g/mol. The van der Waals surface area contributed by atoms with Gasteiger partial charge in [0.2, 0.25) is 5.91 Å². The molecule has 1 aliphatic rings. The third-order valence-corrected chi connectivity index (χ3v) is 4.16. The van der Waals surface area contributed by atoms with Crippen LogP contribution in [0.25, 0.3) is 0 Å². The number of hydrogen-bond acceptors (Lipinski definition) is 3. The summed E-state index contributed by atoms with van der Waals surface area (Å²) in [5.41, 5.74) is 1.54. The molecule has 0 saturated carbocycles. The van der Waals surface area contributed by atoms with Crippen molar-refractivity contribution >= 4 is 11.7 Å². The number of aliphatic hydroxyl groups excluding tert-OH is 1. The molecule has 4 nitrogen and oxygen atoms in total. The first-order chi connectivity index (χ1) is 11.3. The maximum absolute atomic E-state index is 12.9. The number of carbonyl (C=O) groups is 2. The topological polar surface area (TPSA) is 66.4 Å². The molecular formula is C20H21NO3. The van der Waals surface area contributed by atoms with E-state index in [2.05, 4.69) is 5.32 Å². The first-order valence-corrected chi connectivity index (χ1v) is 8.02. The third-order valence-electron chi connectivity index (χ3n) is 4.16. The van der Waals surface area contributed by atoms with Crippen molar-refractivity contribution in [3.05, 3.63) is 70.8 Å². The van der Waals surface area contributed by atoms with Gasteiger partial charge in [-0.1, -0.05) is 48.5 Å². The Balaban J connectivity index is 2.19. The summed E-state index contributed by atoms with van der Waals surface area (Å²) in [6.07, 6.45) is -1.07. The lowest BCUT2D eigenvalue weighted by atomic mass is 9.87. The zero-order valence-corrected chi connectivity index (χ0v) is 14.0. The van der Waals surface area contributed by atoms with Gasteiger partial charge < -0.3 is 10.4 Å². The van der Waals surface area contributed by atoms with Crippen molar-refractivity contribution in [3.63, 3.8) is 0 Å². The lowest BCUT2D eigenvalue weighted by Crippen LogP contribution is -2.44. The lowest BCUT2D eigenvalue weighted by molar-refractivity contribution is -0.126. The Hall–Kier alpha value is -2.46. The van der Waals surface area contributed by atoms with Crippen molar-refractivity contribution in [2.24, 2.45) is 0 Å². The molecule has 0 fully saturated rings. The standard InChI is InChI=1S/C20H21NO3/c1-20(2,3)21-19(24)16-12-8-4-5-9-13(12)17(22)14-10-6-7-11-15(14)18(16)23/h4-11,16,18,23H,1-3H3,(H,21,24). The fourth-order valence-corrected chi connectivity index (χ4v) is 3.16. The SMILES string of the molecule is CC(C)(C)NC(=O)C1c2ccccc2C(=O)c2ccccc2C1O. The number of carbonyl (C=O) groups excluding carboxylic acids is 2. The molecule has 0 aliphatic heterocycles. The molecule has 3 rings (SSSR count). The van der Waals surface area contributed by atoms with Crippen LogP contribution in [0.5, 0.6) is 0 Å². The molecule has 0 aromatic heterocycles. The minimum absolute atomic E-state index is 0.161. The minimum Gasteiger partial charge on any atom is -0.387 e. The van der Waals surface area contributed by atoms with E-state index in [0.29, 0.717) is 22.3 Å². The summed E-state index contributed by atoms with van der Waals surface area (Å²) in [6.45, 7) is 5.66. The van der Waals surface area contributed by atoms with Crippen LogP contribution in [0.2, 0.25) is 0 Å². The van der Waals surface area contributed by atoms with Crippen molar-refractivity contribution < 1.29 is 14.7 Å². The van der Waals surface area contributed by atoms with Gasteiger partial charge in [-0.05, 0) is 31.9 Å². The van der Waals surface area contributed by atoms with Gasteiger partial charge in [0.25, 0.3) is 0 Å². The highest BCUT2D eigenvalue weighted by molar-refractivity contribution is 6.12. The average molecular weight is 323 g/mol. The van der Waals surface area contributed by atoms with Crippen LogP contribution in [0, 0.1) is 0 Å². The van der Waals surface area contributed by atoms with Gasteiger partial charge in [0, 0.05) is 16.7 Å². The predicted molar refractivity (Wildman–Crippen MR) is 91.9 cm³/mol. The predicted octanol–water partition coefficient (Wildman–Crippen LogP) is 2.96. The molecule has 124 valence electrons. The van der Waals surface area contributed by atoms with E-state index in [1.165, 1.54) is 0 Å². The van der Waals surface area contributed by atoms with Crippen molar-refractivity contribution in [2.45, 2.75) is 38.3 Å². The number of nitrogens with one attached hydrogen (secondary N) is 1. The smallest absolute Gasteiger partial charge is 0.230 e. The van der Waals surface area contributed by atoms with E-state index < -0.39 is 17.6 Å². The number of ketones is 1. The molecule has 1 aliphatic carbocycles. The maximum atomic E-state index is 12.9. The van der Waals surface area contributed by atoms with E-state index >= 15 is 0 Å². The molecule has 0 spiro atoms. The Morgan fingerprint density at radius 1 is 0.958 bits per heavy atom. The first kappa shape index (κ1) is 16.4. The summed E-state index contributed by atoms with van der Waals surface area (Å²) in [5, 5.41) is 13.8. The second kappa shape index (κ2) is 5.87. The molecule has 0 saturated heterocycles. The van der Waals surface area contributed by atoms with Crippen LogP contribution >= 0.6 is 0 Å². The molecule has 2 N–H and O–H groups in total. The minimum atomic E-state index is -1.07. The summed E-state index contributed by atoms with van der Waals surface area (Å²) in [6, 6.07) is 14.0. The molecule has 2 aromatic carbocycles. The fraction of sp³-hybridized carbons (Fsp3) is 0.300. The normalized spacial score (nSPS) is 19.9. The molecule has 2 aromatic rings. The van der Waals surface area contributed by atoms with E-state index in [0.717, 1.165) is 0 Å². The Labute approximate surface area is 141 Å². The van der Waals surface area contributed by atoms with Crippen LogP contribution in [0.15, 0.2) is 48.5 Å². The fourth-order valence-electron chi connectivity index (χ4n) is 3.16. The maximum Gasteiger partial charge on any atom is 0.230 e. The van der Waals surface area contributed by atoms with Gasteiger partial charge in [-0.2, -0.15) is 0 Å². The number of benzene rings is 2. The summed E-state index contributed by atoms with van der Waals surface area (Å²) >= 11 is 0. The number of aliphatic hydroxyl groups is 1. The Morgan fingerprint density at radius 3 is 2.04 bits per heavy atom. The van der Waals surface area contributed by atoms with Crippen LogP contribution in [0.3, 0.4) is 0 Å². The average Bonchev–Trinajstić information content (AvgIpc) is 2.61. The summed E-state index contributed by atoms with van der Waals surface area (Å²) in [5.74, 6) is -1.27. The molecule has 1 amide bonds. The Bertz CT molecular complexity index is 805. The second-order valence-electron chi connectivity index (χ2n) is 7.17. The molecule has 0 radical (unpaired) electrons. The number of rotatable bonds is 1. The Morgan fingerprint density at radius 2 is 1.46 bits per heavy atom. The molecule has 2 unspecified atom stereocenters. The van der Waals surface area contributed by atoms with Gasteiger partial charge in [-0.15, -0.1) is 0 Å². The van der Waals surface area contributed by atoms with Crippen molar-refractivity contribution in [2.75, 3.05) is 0 Å². The van der Waals surface area contributed by atoms with Crippen molar-refractivity contribution in [3.8, 4) is 0 Å². The largest absolute Gasteiger partial charge is 0.387 e. The van der Waals surface area contributed by atoms with Crippen molar-refractivity contribution in [1.29, 1.82) is 0 Å². The second-order valence-corrected chi connectivity index (χ2v) is 7.17. The van der Waals surface area contributed by atoms with E-state index in [4.69, 9.17) is 0 Å². The quantitative estimate of drug-likeness (QED) is 0.848. The van der Waals surface area contributed by atoms with Gasteiger partial charge in [-0.25, -0.2) is 0 Å². The van der Waals surface area contributed by atoms with Crippen LogP contribution in [0.1, 0.15) is 59.8 Å². The zero-order chi connectivity index (χ0) is 17.5. The van der Waals surface area contributed by atoms with Crippen LogP contribution in [-0.4, -0.2) is 22.3 Å². The number of hydrogen-bond donors (Lipinski definition) is 2. The molecule has 0 bridgehead atoms. The summed E-state index contributed by atoms with van der Waals surface area (Å²) in [7, 11) is 0. The molecule has 4 heteroatoms. The highest BCUT2D eigenvalue weighted by Gasteiger charge is 2.38. The van der Waals surface area contributed by atoms with E-state index in [-0.39, 0.29) is 11.7 Å². The van der Waals surface area contributed by atoms with E-state index in [1.807, 2.05) is 20.8 Å². The lowest BCUT2D eigenvalue weighted by Gasteiger charge is -2.28. The van der Waals surface area contributed by atoms with E-state index in [1.54, 1.807) is 48.5 Å². The van der Waals surface area contributed by atoms with Crippen LogP contribution in [0.4, 0.5) is 0 Å². The zero-order valence-electron chi connectivity index (χ0n) is 14.0. The van der Waals surface area contributed by atoms with Crippen LogP contribution in [-0.2, 0) is 4.79 Å². The monoisotopic (exact) mass is 323 g/mol. The van der Waals surface area contributed by atoms with Crippen molar-refractivity contribution in [1.82, 2.24) is 5.32 Å². The van der Waals surface area contributed by atoms with Gasteiger partial charge >= 0.3 is 0 Å². The van der Waals surface area contributed by atoms with Gasteiger partial charge in [0.05, 0.1) is 12.0 Å². The van der Waals surface area contributed by atoms with Gasteiger partial charge in [0.1, 0.15) is 0 Å². The third kappa shape index (κ3) is 2.85. The molecule has 2 atom stereocenters. The highest BCUT2D eigenvalue weighted by atomic mass is 16.3. The summed E-state index contributed by atoms with van der Waals surface area (Å²) in [4.78, 5) is 25.8. The molecule has 24 heavy (non-hydrogen) atoms. The first-order valence-electron chi connectivity index (χ1n) is 8.02. The van der Waals surface area contributed by atoms with Gasteiger partial charge in [-0.3, -0.25) is 9.59 Å². The summed E-state index contributed by atoms with van der Waals surface area (Å²) < 4.78 is 0. The highest BCUT2D eigenvalue weighted by Crippen LogP contribution is 2.39. The molecule has 0 heterocycles. The van der Waals surface area contributed by atoms with Crippen LogP contribution < -0.4 is 5.32 Å². The van der Waals surface area contributed by atoms with Gasteiger partial charge in [0.15, 0.2) is 5.78 Å².